The third kappa shape index (κ3) is 3.43. The van der Waals surface area contributed by atoms with Crippen molar-refractivity contribution in [3.63, 3.8) is 0 Å². The average Bonchev–Trinajstić information content (AvgIpc) is 3.07. The van der Waals surface area contributed by atoms with Crippen molar-refractivity contribution in [1.82, 2.24) is 20.1 Å². The first-order valence-electron chi connectivity index (χ1n) is 9.31. The molecule has 1 aliphatic heterocycles. The first-order valence-corrected chi connectivity index (χ1v) is 9.31. The molecule has 0 unspecified atom stereocenters. The molecule has 138 valence electrons. The SMILES string of the molecule is Cl.Cn1cc2cc(-c3ccc4nc(C5CCNCC5)ccc4c3)ccc2n1. The van der Waals surface area contributed by atoms with Gasteiger partial charge in [-0.25, -0.2) is 0 Å². The van der Waals surface area contributed by atoms with Gasteiger partial charge in [0.05, 0.1) is 11.0 Å². The minimum Gasteiger partial charge on any atom is -0.317 e. The van der Waals surface area contributed by atoms with Crippen LogP contribution in [0.25, 0.3) is 32.9 Å². The van der Waals surface area contributed by atoms with Crippen LogP contribution in [0.15, 0.2) is 54.7 Å². The van der Waals surface area contributed by atoms with E-state index in [2.05, 4.69) is 65.1 Å². The van der Waals surface area contributed by atoms with Gasteiger partial charge in [-0.15, -0.1) is 12.4 Å². The van der Waals surface area contributed by atoms with Crippen LogP contribution in [0, 0.1) is 0 Å². The van der Waals surface area contributed by atoms with E-state index in [1.54, 1.807) is 0 Å². The lowest BCUT2D eigenvalue weighted by atomic mass is 9.93. The summed E-state index contributed by atoms with van der Waals surface area (Å²) in [4.78, 5) is 4.95. The van der Waals surface area contributed by atoms with Crippen molar-refractivity contribution in [3.8, 4) is 11.1 Å². The summed E-state index contributed by atoms with van der Waals surface area (Å²) < 4.78 is 1.86. The summed E-state index contributed by atoms with van der Waals surface area (Å²) in [5.41, 5.74) is 5.80. The number of benzene rings is 2. The van der Waals surface area contributed by atoms with Crippen LogP contribution in [0.1, 0.15) is 24.5 Å². The Hall–Kier alpha value is -2.43. The molecule has 0 amide bonds. The van der Waals surface area contributed by atoms with Crippen LogP contribution in [0.5, 0.6) is 0 Å². The van der Waals surface area contributed by atoms with Crippen molar-refractivity contribution >= 4 is 34.2 Å². The predicted octanol–water partition coefficient (Wildman–Crippen LogP) is 4.68. The summed E-state index contributed by atoms with van der Waals surface area (Å²) in [6.45, 7) is 2.19. The van der Waals surface area contributed by atoms with E-state index in [-0.39, 0.29) is 12.4 Å². The number of piperidine rings is 1. The molecule has 1 N–H and O–H groups in total. The highest BCUT2D eigenvalue weighted by Crippen LogP contribution is 2.29. The van der Waals surface area contributed by atoms with E-state index in [1.165, 1.54) is 40.4 Å². The highest BCUT2D eigenvalue weighted by atomic mass is 35.5. The van der Waals surface area contributed by atoms with Crippen LogP contribution in [-0.2, 0) is 7.05 Å². The maximum absolute atomic E-state index is 4.95. The first-order chi connectivity index (χ1) is 12.8. The Morgan fingerprint density at radius 3 is 2.37 bits per heavy atom. The van der Waals surface area contributed by atoms with E-state index in [4.69, 9.17) is 4.98 Å². The van der Waals surface area contributed by atoms with Crippen molar-refractivity contribution < 1.29 is 0 Å². The second-order valence-corrected chi connectivity index (χ2v) is 7.24. The third-order valence-corrected chi connectivity index (χ3v) is 5.42. The maximum atomic E-state index is 4.95. The fourth-order valence-corrected chi connectivity index (χ4v) is 3.99. The summed E-state index contributed by atoms with van der Waals surface area (Å²) in [5.74, 6) is 0.591. The van der Waals surface area contributed by atoms with Gasteiger partial charge >= 0.3 is 0 Å². The summed E-state index contributed by atoms with van der Waals surface area (Å²) in [7, 11) is 1.96. The van der Waals surface area contributed by atoms with Crippen molar-refractivity contribution in [1.29, 1.82) is 0 Å². The molecule has 2 aromatic carbocycles. The van der Waals surface area contributed by atoms with Crippen LogP contribution in [-0.4, -0.2) is 27.9 Å². The molecule has 1 aliphatic rings. The molecule has 5 rings (SSSR count). The van der Waals surface area contributed by atoms with E-state index >= 15 is 0 Å². The molecule has 1 saturated heterocycles. The van der Waals surface area contributed by atoms with Gasteiger partial charge in [-0.3, -0.25) is 9.67 Å². The van der Waals surface area contributed by atoms with Crippen LogP contribution in [0.2, 0.25) is 0 Å². The summed E-state index contributed by atoms with van der Waals surface area (Å²) in [6.07, 6.45) is 4.43. The molecule has 2 aromatic heterocycles. The van der Waals surface area contributed by atoms with Crippen LogP contribution >= 0.6 is 12.4 Å². The zero-order valence-corrected chi connectivity index (χ0v) is 16.2. The monoisotopic (exact) mass is 378 g/mol. The zero-order valence-electron chi connectivity index (χ0n) is 15.4. The van der Waals surface area contributed by atoms with Crippen molar-refractivity contribution in [2.45, 2.75) is 18.8 Å². The van der Waals surface area contributed by atoms with Gasteiger partial charge in [0.25, 0.3) is 0 Å². The van der Waals surface area contributed by atoms with Crippen molar-refractivity contribution in [3.05, 3.63) is 60.4 Å². The molecular formula is C22H23ClN4. The molecule has 0 saturated carbocycles. The maximum Gasteiger partial charge on any atom is 0.0923 e. The highest BCUT2D eigenvalue weighted by Gasteiger charge is 2.16. The lowest BCUT2D eigenvalue weighted by Gasteiger charge is -2.22. The van der Waals surface area contributed by atoms with E-state index < -0.39 is 0 Å². The Morgan fingerprint density at radius 2 is 1.59 bits per heavy atom. The molecule has 3 heterocycles. The normalized spacial score (nSPS) is 15.1. The number of rotatable bonds is 2. The molecule has 5 heteroatoms. The molecular weight excluding hydrogens is 356 g/mol. The minimum absolute atomic E-state index is 0. The predicted molar refractivity (Wildman–Crippen MR) is 114 cm³/mol. The average molecular weight is 379 g/mol. The Labute approximate surface area is 165 Å². The number of fused-ring (bicyclic) bond motifs is 2. The van der Waals surface area contributed by atoms with Crippen LogP contribution in [0.3, 0.4) is 0 Å². The van der Waals surface area contributed by atoms with Gasteiger partial charge in [-0.1, -0.05) is 18.2 Å². The zero-order chi connectivity index (χ0) is 17.5. The number of hydrogen-bond donors (Lipinski definition) is 1. The summed E-state index contributed by atoms with van der Waals surface area (Å²) in [6, 6.07) is 17.5. The smallest absolute Gasteiger partial charge is 0.0923 e. The first kappa shape index (κ1) is 18.0. The van der Waals surface area contributed by atoms with Gasteiger partial charge in [0, 0.05) is 35.6 Å². The van der Waals surface area contributed by atoms with E-state index in [9.17, 15) is 0 Å². The number of pyridine rings is 1. The second-order valence-electron chi connectivity index (χ2n) is 7.24. The number of aryl methyl sites for hydroxylation is 1. The molecule has 0 radical (unpaired) electrons. The molecule has 0 aliphatic carbocycles. The van der Waals surface area contributed by atoms with Gasteiger partial charge in [0.1, 0.15) is 0 Å². The van der Waals surface area contributed by atoms with E-state index in [1.807, 2.05) is 11.7 Å². The van der Waals surface area contributed by atoms with Gasteiger partial charge < -0.3 is 5.32 Å². The van der Waals surface area contributed by atoms with Gasteiger partial charge in [0.15, 0.2) is 0 Å². The Balaban J connectivity index is 0.00000180. The highest BCUT2D eigenvalue weighted by molar-refractivity contribution is 5.88. The topological polar surface area (TPSA) is 42.7 Å². The standard InChI is InChI=1S/C22H22N4.ClH/c1-26-14-19-13-17(3-7-22(19)25-26)16-2-5-21-18(12-16)4-6-20(24-21)15-8-10-23-11-9-15;/h2-7,12-15,23H,8-11H2,1H3;1H. The van der Waals surface area contributed by atoms with E-state index in [0.717, 1.165) is 24.1 Å². The summed E-state index contributed by atoms with van der Waals surface area (Å²) in [5, 5.41) is 10.3. The van der Waals surface area contributed by atoms with Crippen LogP contribution < -0.4 is 5.32 Å². The van der Waals surface area contributed by atoms with Crippen LogP contribution in [0.4, 0.5) is 0 Å². The Kier molecular flexibility index (Phi) is 4.85. The summed E-state index contributed by atoms with van der Waals surface area (Å²) >= 11 is 0. The third-order valence-electron chi connectivity index (χ3n) is 5.42. The van der Waals surface area contributed by atoms with Crippen molar-refractivity contribution in [2.24, 2.45) is 7.05 Å². The quantitative estimate of drug-likeness (QED) is 0.550. The number of aromatic nitrogens is 3. The molecule has 0 spiro atoms. The molecule has 1 fully saturated rings. The fraction of sp³-hybridized carbons (Fsp3) is 0.273. The van der Waals surface area contributed by atoms with Gasteiger partial charge in [0.2, 0.25) is 0 Å². The molecule has 0 atom stereocenters. The Bertz CT molecular complexity index is 1100. The second kappa shape index (κ2) is 7.29. The van der Waals surface area contributed by atoms with Gasteiger partial charge in [-0.05, 0) is 67.4 Å². The lowest BCUT2D eigenvalue weighted by Crippen LogP contribution is -2.27. The molecule has 0 bridgehead atoms. The van der Waals surface area contributed by atoms with Gasteiger partial charge in [-0.2, -0.15) is 5.10 Å². The molecule has 4 aromatic rings. The largest absolute Gasteiger partial charge is 0.317 e. The van der Waals surface area contributed by atoms with Crippen molar-refractivity contribution in [2.75, 3.05) is 13.1 Å². The lowest BCUT2D eigenvalue weighted by molar-refractivity contribution is 0.454. The number of hydrogen-bond acceptors (Lipinski definition) is 3. The molecule has 4 nitrogen and oxygen atoms in total. The number of nitrogens with zero attached hydrogens (tertiary/aromatic N) is 3. The Morgan fingerprint density at radius 1 is 0.889 bits per heavy atom. The minimum atomic E-state index is 0. The van der Waals surface area contributed by atoms with E-state index in [0.29, 0.717) is 5.92 Å². The number of halogens is 1. The molecule has 27 heavy (non-hydrogen) atoms. The number of nitrogens with one attached hydrogen (secondary N) is 1. The fourth-order valence-electron chi connectivity index (χ4n) is 3.99.